The van der Waals surface area contributed by atoms with Crippen molar-refractivity contribution in [2.45, 2.75) is 96.9 Å². The van der Waals surface area contributed by atoms with Crippen molar-refractivity contribution in [2.75, 3.05) is 0 Å². The first kappa shape index (κ1) is 34.2. The number of carbonyl (C=O) groups is 2. The van der Waals surface area contributed by atoms with E-state index < -0.39 is 20.5 Å². The van der Waals surface area contributed by atoms with Gasteiger partial charge >= 0.3 is 5.97 Å². The summed E-state index contributed by atoms with van der Waals surface area (Å²) in [4.78, 5) is 28.7. The van der Waals surface area contributed by atoms with Crippen molar-refractivity contribution in [1.29, 1.82) is 0 Å². The van der Waals surface area contributed by atoms with E-state index in [1.807, 2.05) is 79.7 Å². The second-order valence-corrected chi connectivity index (χ2v) is 17.5. The van der Waals surface area contributed by atoms with Gasteiger partial charge in [-0.15, -0.1) is 0 Å². The molecule has 0 unspecified atom stereocenters. The van der Waals surface area contributed by atoms with Gasteiger partial charge in [-0.25, -0.2) is 0 Å². The number of carbonyl (C=O) groups excluding carboxylic acids is 2. The molecular formula is C37H49NO4Si. The Morgan fingerprint density at radius 3 is 1.79 bits per heavy atom. The lowest BCUT2D eigenvalue weighted by atomic mass is 10.0. The van der Waals surface area contributed by atoms with Gasteiger partial charge in [0.25, 0.3) is 0 Å². The van der Waals surface area contributed by atoms with Gasteiger partial charge < -0.3 is 9.16 Å². The number of ketones is 1. The van der Waals surface area contributed by atoms with Crippen molar-refractivity contribution in [3.8, 4) is 0 Å². The van der Waals surface area contributed by atoms with Crippen LogP contribution in [0.4, 0.5) is 0 Å². The third-order valence-corrected chi connectivity index (χ3v) is 12.8. The minimum atomic E-state index is -2.03. The number of hydrogen-bond acceptors (Lipinski definition) is 5. The Labute approximate surface area is 260 Å². The van der Waals surface area contributed by atoms with Gasteiger partial charge in [0.1, 0.15) is 18.8 Å². The molecule has 3 aromatic rings. The van der Waals surface area contributed by atoms with Gasteiger partial charge in [0.2, 0.25) is 0 Å². The maximum atomic E-state index is 13.7. The molecule has 43 heavy (non-hydrogen) atoms. The summed E-state index contributed by atoms with van der Waals surface area (Å²) in [7, 11) is -2.03. The number of hydrogen-bond donors (Lipinski definition) is 0. The van der Waals surface area contributed by atoms with Crippen molar-refractivity contribution in [3.63, 3.8) is 0 Å². The first-order valence-corrected chi connectivity index (χ1v) is 18.3. The Morgan fingerprint density at radius 1 is 0.814 bits per heavy atom. The average Bonchev–Trinajstić information content (AvgIpc) is 2.98. The van der Waals surface area contributed by atoms with Crippen LogP contribution in [0.25, 0.3) is 0 Å². The molecule has 0 spiro atoms. The molecule has 230 valence electrons. The Bertz CT molecular complexity index is 1240. The lowest BCUT2D eigenvalue weighted by Gasteiger charge is -2.37. The van der Waals surface area contributed by atoms with E-state index in [4.69, 9.17) is 9.16 Å². The molecule has 0 aliphatic rings. The topological polar surface area (TPSA) is 55.8 Å². The van der Waals surface area contributed by atoms with Gasteiger partial charge in [0, 0.05) is 13.1 Å². The molecule has 0 amide bonds. The molecule has 0 fully saturated rings. The van der Waals surface area contributed by atoms with Gasteiger partial charge in [-0.05, 0) is 67.1 Å². The summed E-state index contributed by atoms with van der Waals surface area (Å²) < 4.78 is 12.2. The molecular weight excluding hydrogens is 550 g/mol. The number of allylic oxidation sites excluding steroid dienone is 1. The zero-order valence-corrected chi connectivity index (χ0v) is 27.8. The smallest absolute Gasteiger partial charge is 0.323 e. The molecule has 0 aliphatic heterocycles. The highest BCUT2D eigenvalue weighted by Gasteiger charge is 2.39. The van der Waals surface area contributed by atoms with Crippen LogP contribution in [0, 0.1) is 0 Å². The summed E-state index contributed by atoms with van der Waals surface area (Å²) in [6, 6.07) is 29.8. The van der Waals surface area contributed by atoms with Crippen LogP contribution in [-0.4, -0.2) is 37.1 Å². The zero-order chi connectivity index (χ0) is 31.3. The molecule has 0 saturated carbocycles. The first-order chi connectivity index (χ1) is 20.5. The summed E-state index contributed by atoms with van der Waals surface area (Å²) >= 11 is 0. The Balaban J connectivity index is 1.71. The van der Waals surface area contributed by atoms with Crippen LogP contribution < -0.4 is 0 Å². The third kappa shape index (κ3) is 11.4. The Morgan fingerprint density at radius 2 is 1.30 bits per heavy atom. The molecule has 2 atom stereocenters. The molecule has 3 rings (SSSR count). The number of ether oxygens (including phenoxy) is 1. The minimum Gasteiger partial charge on any atom is -0.460 e. The van der Waals surface area contributed by atoms with Gasteiger partial charge in [-0.3, -0.25) is 14.5 Å². The summed E-state index contributed by atoms with van der Waals surface area (Å²) in [5, 5.41) is 0.0424. The van der Waals surface area contributed by atoms with E-state index in [9.17, 15) is 9.59 Å². The molecule has 0 bridgehead atoms. The molecule has 0 heterocycles. The van der Waals surface area contributed by atoms with Crippen molar-refractivity contribution < 1.29 is 18.8 Å². The van der Waals surface area contributed by atoms with Gasteiger partial charge in [0.15, 0.2) is 14.1 Å². The molecule has 0 saturated heterocycles. The van der Waals surface area contributed by atoms with Crippen LogP contribution in [-0.2, 0) is 38.4 Å². The predicted molar refractivity (Wildman–Crippen MR) is 178 cm³/mol. The highest BCUT2D eigenvalue weighted by Crippen LogP contribution is 2.37. The number of esters is 1. The van der Waals surface area contributed by atoms with E-state index in [0.717, 1.165) is 23.1 Å². The van der Waals surface area contributed by atoms with E-state index in [1.54, 1.807) is 6.08 Å². The highest BCUT2D eigenvalue weighted by atomic mass is 28.4. The number of unbranched alkanes of at least 4 members (excludes halogenated alkanes) is 1. The van der Waals surface area contributed by atoms with Gasteiger partial charge in [0.05, 0.1) is 0 Å². The predicted octanol–water partition coefficient (Wildman–Crippen LogP) is 8.51. The van der Waals surface area contributed by atoms with Crippen molar-refractivity contribution in [3.05, 3.63) is 120 Å². The maximum Gasteiger partial charge on any atom is 0.323 e. The average molecular weight is 600 g/mol. The van der Waals surface area contributed by atoms with Gasteiger partial charge in [-0.2, -0.15) is 0 Å². The molecule has 0 aliphatic carbocycles. The molecule has 0 N–H and O–H groups in total. The summed E-state index contributed by atoms with van der Waals surface area (Å²) in [6.45, 7) is 14.2. The second-order valence-electron chi connectivity index (χ2n) is 12.7. The molecule has 3 aromatic carbocycles. The fourth-order valence-corrected chi connectivity index (χ4v) is 5.98. The third-order valence-electron chi connectivity index (χ3n) is 8.20. The van der Waals surface area contributed by atoms with Crippen LogP contribution in [0.1, 0.15) is 63.6 Å². The quantitative estimate of drug-likeness (QED) is 0.0715. The zero-order valence-electron chi connectivity index (χ0n) is 26.8. The van der Waals surface area contributed by atoms with E-state index in [1.165, 1.54) is 0 Å². The Hall–Kier alpha value is -3.32. The molecule has 0 radical (unpaired) electrons. The number of rotatable bonds is 16. The van der Waals surface area contributed by atoms with Crippen molar-refractivity contribution in [2.24, 2.45) is 0 Å². The van der Waals surface area contributed by atoms with Gasteiger partial charge in [-0.1, -0.05) is 118 Å². The lowest BCUT2D eigenvalue weighted by Crippen LogP contribution is -2.44. The first-order valence-electron chi connectivity index (χ1n) is 15.4. The van der Waals surface area contributed by atoms with Crippen molar-refractivity contribution >= 4 is 20.1 Å². The summed E-state index contributed by atoms with van der Waals surface area (Å²) in [6.07, 6.45) is 5.13. The number of benzene rings is 3. The summed E-state index contributed by atoms with van der Waals surface area (Å²) in [5.74, 6) is -0.245. The van der Waals surface area contributed by atoms with E-state index in [2.05, 4.69) is 63.0 Å². The second kappa shape index (κ2) is 16.5. The number of nitrogens with zero attached hydrogens (tertiary/aromatic N) is 1. The Kier molecular flexibility index (Phi) is 13.1. The molecule has 6 heteroatoms. The monoisotopic (exact) mass is 599 g/mol. The maximum absolute atomic E-state index is 13.7. The van der Waals surface area contributed by atoms with E-state index >= 15 is 0 Å². The largest absolute Gasteiger partial charge is 0.460 e. The van der Waals surface area contributed by atoms with Crippen LogP contribution >= 0.6 is 0 Å². The fraction of sp³-hybridized carbons (Fsp3) is 0.405. The molecule has 5 nitrogen and oxygen atoms in total. The molecule has 0 aromatic heterocycles. The van der Waals surface area contributed by atoms with E-state index in [-0.39, 0.29) is 23.4 Å². The highest BCUT2D eigenvalue weighted by molar-refractivity contribution is 6.74. The van der Waals surface area contributed by atoms with E-state index in [0.29, 0.717) is 25.9 Å². The van der Waals surface area contributed by atoms with Crippen LogP contribution in [0.2, 0.25) is 18.1 Å². The fourth-order valence-electron chi connectivity index (χ4n) is 4.63. The van der Waals surface area contributed by atoms with Crippen molar-refractivity contribution in [1.82, 2.24) is 4.90 Å². The van der Waals surface area contributed by atoms with Crippen LogP contribution in [0.3, 0.4) is 0 Å². The minimum absolute atomic E-state index is 0.0153. The van der Waals surface area contributed by atoms with Crippen LogP contribution in [0.15, 0.2) is 103 Å². The lowest BCUT2D eigenvalue weighted by molar-refractivity contribution is -0.152. The standard InChI is InChI=1S/C37H49NO4Si/c1-30(42-43(5,6)37(2,3)4)35(39)26-18-10-17-25-34(36(40)41-29-33-23-15-9-16-24-33)38(27-31-19-11-7-12-20-31)28-32-21-13-8-14-22-32/h7-9,11-16,18-24,26,30,34H,10,17,25,27-29H2,1-6H3/b26-18+/t30-,34-/m0/s1. The van der Waals surface area contributed by atoms with Crippen LogP contribution in [0.5, 0.6) is 0 Å². The summed E-state index contributed by atoms with van der Waals surface area (Å²) in [5.41, 5.74) is 3.24. The SMILES string of the molecule is C[C@H](O[Si](C)(C)C(C)(C)C)C(=O)/C=C/CCC[C@@H](C(=O)OCc1ccccc1)N(Cc1ccccc1)Cc1ccccc1. The normalized spacial score (nSPS) is 13.7.